The summed E-state index contributed by atoms with van der Waals surface area (Å²) >= 11 is 0. The van der Waals surface area contributed by atoms with E-state index in [1.165, 1.54) is 51.4 Å². The Morgan fingerprint density at radius 3 is 1.64 bits per heavy atom. The lowest BCUT2D eigenvalue weighted by Gasteiger charge is -2.20. The van der Waals surface area contributed by atoms with Crippen LogP contribution in [0.15, 0.2) is 48.6 Å². The van der Waals surface area contributed by atoms with E-state index in [4.69, 9.17) is 24.8 Å². The summed E-state index contributed by atoms with van der Waals surface area (Å²) in [6, 6.07) is -1.53. The molecule has 0 rings (SSSR count). The first kappa shape index (κ1) is 47.4. The van der Waals surface area contributed by atoms with E-state index < -0.39 is 51.1 Å². The largest absolute Gasteiger partial charge is 0.480 e. The summed E-state index contributed by atoms with van der Waals surface area (Å²) in [5, 5.41) is 8.84. The van der Waals surface area contributed by atoms with Gasteiger partial charge in [-0.25, -0.2) is 4.57 Å². The van der Waals surface area contributed by atoms with Crippen molar-refractivity contribution in [3.05, 3.63) is 48.6 Å². The van der Waals surface area contributed by atoms with Crippen molar-refractivity contribution in [2.75, 3.05) is 19.8 Å². The van der Waals surface area contributed by atoms with Crippen LogP contribution in [0.1, 0.15) is 142 Å². The molecular formula is C38H66NO10P. The molecule has 288 valence electrons. The van der Waals surface area contributed by atoms with Crippen LogP contribution in [-0.4, -0.2) is 59.9 Å². The Kier molecular flexibility index (Phi) is 31.9. The minimum atomic E-state index is -4.72. The number of carboxylic acid groups (broad SMARTS) is 1. The first-order valence-electron chi connectivity index (χ1n) is 18.7. The Balaban J connectivity index is 4.55. The monoisotopic (exact) mass is 727 g/mol. The van der Waals surface area contributed by atoms with Gasteiger partial charge in [0.05, 0.1) is 13.2 Å². The van der Waals surface area contributed by atoms with E-state index in [2.05, 4.69) is 54.8 Å². The topological polar surface area (TPSA) is 172 Å². The Labute approximate surface area is 301 Å². The molecule has 0 amide bonds. The summed E-state index contributed by atoms with van der Waals surface area (Å²) in [5.41, 5.74) is 5.30. The molecule has 0 spiro atoms. The summed E-state index contributed by atoms with van der Waals surface area (Å²) in [6.07, 6.45) is 34.9. The Hall–Kier alpha value is -2.56. The van der Waals surface area contributed by atoms with Gasteiger partial charge in [0.15, 0.2) is 6.10 Å². The van der Waals surface area contributed by atoms with Crippen molar-refractivity contribution in [1.82, 2.24) is 0 Å². The van der Waals surface area contributed by atoms with Crippen LogP contribution in [0.3, 0.4) is 0 Å². The number of nitrogens with two attached hydrogens (primary N) is 1. The van der Waals surface area contributed by atoms with E-state index in [1.807, 2.05) is 12.2 Å². The second-order valence-electron chi connectivity index (χ2n) is 12.4. The predicted molar refractivity (Wildman–Crippen MR) is 198 cm³/mol. The molecule has 50 heavy (non-hydrogen) atoms. The zero-order chi connectivity index (χ0) is 37.1. The van der Waals surface area contributed by atoms with E-state index in [9.17, 15) is 23.8 Å². The van der Waals surface area contributed by atoms with Crippen molar-refractivity contribution in [2.45, 2.75) is 154 Å². The number of hydrogen-bond acceptors (Lipinski definition) is 9. The van der Waals surface area contributed by atoms with E-state index in [0.29, 0.717) is 19.3 Å². The van der Waals surface area contributed by atoms with Gasteiger partial charge in [0, 0.05) is 12.8 Å². The molecule has 11 nitrogen and oxygen atoms in total. The number of ether oxygens (including phenoxy) is 2. The standard InChI is InChI=1S/C38H66NO10P/c1-3-5-7-9-11-13-14-15-16-17-18-19-20-22-24-26-28-30-37(41)49-34(32-47-50(44,45)48-33-35(39)38(42)43)31-46-36(40)29-27-25-23-21-12-10-8-6-4-2/h11,13,15-16,18-19,22,24,34-35H,3-10,12,14,17,20-21,23,25-33,39H2,1-2H3,(H,42,43)(H,44,45)/b13-11+,16-15+,19-18+,24-22+/t34-,35-/m0/s1. The van der Waals surface area contributed by atoms with Crippen LogP contribution in [0.4, 0.5) is 0 Å². The van der Waals surface area contributed by atoms with Crippen molar-refractivity contribution >= 4 is 25.7 Å². The van der Waals surface area contributed by atoms with Crippen molar-refractivity contribution in [3.8, 4) is 0 Å². The third-order valence-electron chi connectivity index (χ3n) is 7.58. The molecule has 3 atom stereocenters. The summed E-state index contributed by atoms with van der Waals surface area (Å²) in [5.74, 6) is -2.46. The van der Waals surface area contributed by atoms with Crippen molar-refractivity contribution < 1.29 is 47.5 Å². The fourth-order valence-electron chi connectivity index (χ4n) is 4.58. The number of allylic oxidation sites excluding steroid dienone is 8. The summed E-state index contributed by atoms with van der Waals surface area (Å²) in [4.78, 5) is 45.6. The number of carbonyl (C=O) groups is 3. The third kappa shape index (κ3) is 32.6. The van der Waals surface area contributed by atoms with Gasteiger partial charge < -0.3 is 25.2 Å². The fraction of sp³-hybridized carbons (Fsp3) is 0.711. The zero-order valence-corrected chi connectivity index (χ0v) is 31.6. The summed E-state index contributed by atoms with van der Waals surface area (Å²) in [7, 11) is -4.72. The number of esters is 2. The Morgan fingerprint density at radius 1 is 0.620 bits per heavy atom. The molecule has 0 fully saturated rings. The number of hydrogen-bond donors (Lipinski definition) is 3. The molecule has 1 unspecified atom stereocenters. The SMILES string of the molecule is CCCCC/C=C/C/C=C/C/C=C/C/C=C/CCCC(=O)O[C@@H](COC(=O)CCCCCCCCCCC)COP(=O)(O)OC[C@H](N)C(=O)O. The van der Waals surface area contributed by atoms with Gasteiger partial charge in [-0.05, 0) is 51.4 Å². The minimum absolute atomic E-state index is 0.0850. The molecule has 0 saturated heterocycles. The molecule has 4 N–H and O–H groups in total. The normalized spacial score (nSPS) is 14.5. The van der Waals surface area contributed by atoms with Crippen LogP contribution in [0.25, 0.3) is 0 Å². The molecule has 0 aliphatic rings. The van der Waals surface area contributed by atoms with Crippen LogP contribution in [0.2, 0.25) is 0 Å². The maximum atomic E-state index is 12.5. The molecule has 0 aromatic carbocycles. The first-order valence-corrected chi connectivity index (χ1v) is 20.2. The highest BCUT2D eigenvalue weighted by Crippen LogP contribution is 2.43. The van der Waals surface area contributed by atoms with E-state index in [0.717, 1.165) is 44.9 Å². The molecule has 0 aromatic heterocycles. The lowest BCUT2D eigenvalue weighted by Crippen LogP contribution is -2.34. The van der Waals surface area contributed by atoms with Gasteiger partial charge in [0.1, 0.15) is 12.6 Å². The Bertz CT molecular complexity index is 1040. The molecule has 0 aliphatic carbocycles. The summed E-state index contributed by atoms with van der Waals surface area (Å²) in [6.45, 7) is 2.66. The number of unbranched alkanes of at least 4 members (excludes halogenated alkanes) is 12. The van der Waals surface area contributed by atoms with Gasteiger partial charge in [0.25, 0.3) is 0 Å². The molecular weight excluding hydrogens is 661 g/mol. The second-order valence-corrected chi connectivity index (χ2v) is 13.8. The van der Waals surface area contributed by atoms with Crippen molar-refractivity contribution in [2.24, 2.45) is 5.73 Å². The van der Waals surface area contributed by atoms with Crippen LogP contribution in [0.5, 0.6) is 0 Å². The van der Waals surface area contributed by atoms with Crippen LogP contribution < -0.4 is 5.73 Å². The van der Waals surface area contributed by atoms with E-state index in [-0.39, 0.29) is 19.4 Å². The van der Waals surface area contributed by atoms with Gasteiger partial charge in [0.2, 0.25) is 0 Å². The van der Waals surface area contributed by atoms with Gasteiger partial charge in [-0.1, -0.05) is 127 Å². The number of phosphoric ester groups is 1. The number of carbonyl (C=O) groups excluding carboxylic acids is 2. The van der Waals surface area contributed by atoms with E-state index in [1.54, 1.807) is 0 Å². The fourth-order valence-corrected chi connectivity index (χ4v) is 5.36. The van der Waals surface area contributed by atoms with Crippen molar-refractivity contribution in [3.63, 3.8) is 0 Å². The Morgan fingerprint density at radius 2 is 1.08 bits per heavy atom. The highest BCUT2D eigenvalue weighted by Gasteiger charge is 2.28. The molecule has 0 aliphatic heterocycles. The number of phosphoric acid groups is 1. The zero-order valence-electron chi connectivity index (χ0n) is 30.7. The molecule has 0 aromatic rings. The lowest BCUT2D eigenvalue weighted by atomic mass is 10.1. The molecule has 0 heterocycles. The van der Waals surface area contributed by atoms with E-state index >= 15 is 0 Å². The third-order valence-corrected chi connectivity index (χ3v) is 8.53. The number of aliphatic carboxylic acids is 1. The second kappa shape index (κ2) is 33.6. The molecule has 0 saturated carbocycles. The highest BCUT2D eigenvalue weighted by atomic mass is 31.2. The average Bonchev–Trinajstić information content (AvgIpc) is 3.09. The smallest absolute Gasteiger partial charge is 0.472 e. The molecule has 12 heteroatoms. The van der Waals surface area contributed by atoms with Crippen molar-refractivity contribution in [1.29, 1.82) is 0 Å². The lowest BCUT2D eigenvalue weighted by molar-refractivity contribution is -0.161. The minimum Gasteiger partial charge on any atom is -0.480 e. The number of rotatable bonds is 34. The predicted octanol–water partition coefficient (Wildman–Crippen LogP) is 9.05. The number of carboxylic acids is 1. The summed E-state index contributed by atoms with van der Waals surface area (Å²) < 4.78 is 32.4. The van der Waals surface area contributed by atoms with Crippen LogP contribution in [-0.2, 0) is 37.5 Å². The maximum Gasteiger partial charge on any atom is 0.472 e. The van der Waals surface area contributed by atoms with Crippen LogP contribution >= 0.6 is 7.82 Å². The van der Waals surface area contributed by atoms with Gasteiger partial charge >= 0.3 is 25.7 Å². The van der Waals surface area contributed by atoms with Crippen LogP contribution in [0, 0.1) is 0 Å². The quantitative estimate of drug-likeness (QED) is 0.0250. The molecule has 0 bridgehead atoms. The first-order chi connectivity index (χ1) is 24.1. The average molecular weight is 728 g/mol. The maximum absolute atomic E-state index is 12.5. The molecule has 0 radical (unpaired) electrons. The highest BCUT2D eigenvalue weighted by molar-refractivity contribution is 7.47. The van der Waals surface area contributed by atoms with Gasteiger partial charge in [-0.2, -0.15) is 0 Å². The van der Waals surface area contributed by atoms with Gasteiger partial charge in [-0.3, -0.25) is 23.4 Å². The van der Waals surface area contributed by atoms with Gasteiger partial charge in [-0.15, -0.1) is 0 Å².